The van der Waals surface area contributed by atoms with Gasteiger partial charge in [0.05, 0.1) is 27.8 Å². The topological polar surface area (TPSA) is 61.7 Å². The van der Waals surface area contributed by atoms with E-state index in [4.69, 9.17) is 19.4 Å². The van der Waals surface area contributed by atoms with Gasteiger partial charge in [0.15, 0.2) is 17.5 Å². The summed E-state index contributed by atoms with van der Waals surface area (Å²) < 4.78 is 11.2. The van der Waals surface area contributed by atoms with E-state index in [0.717, 1.165) is 72.2 Å². The Bertz CT molecular complexity index is 3860. The number of nitrogens with zero attached hydrogens (tertiary/aromatic N) is 5. The lowest BCUT2D eigenvalue weighted by molar-refractivity contribution is 0.669. The van der Waals surface area contributed by atoms with E-state index in [-0.39, 0.29) is 0 Å². The van der Waals surface area contributed by atoms with E-state index in [9.17, 15) is 0 Å². The summed E-state index contributed by atoms with van der Waals surface area (Å²) in [5.74, 6) is 1.74. The lowest BCUT2D eigenvalue weighted by Gasteiger charge is -2.16. The molecule has 0 saturated carbocycles. The van der Waals surface area contributed by atoms with Gasteiger partial charge in [-0.15, -0.1) is 0 Å². The van der Waals surface area contributed by atoms with E-state index < -0.39 is 0 Å². The largest absolute Gasteiger partial charge is 0.456 e. The minimum atomic E-state index is 0.568. The molecule has 63 heavy (non-hydrogen) atoms. The molecule has 6 heteroatoms. The van der Waals surface area contributed by atoms with E-state index in [1.54, 1.807) is 0 Å². The van der Waals surface area contributed by atoms with E-state index in [2.05, 4.69) is 161 Å². The highest BCUT2D eigenvalue weighted by molar-refractivity contribution is 6.16. The molecule has 0 unspecified atom stereocenters. The highest BCUT2D eigenvalue weighted by Crippen LogP contribution is 2.42. The fourth-order valence-corrected chi connectivity index (χ4v) is 9.58. The monoisotopic (exact) mass is 805 g/mol. The maximum atomic E-state index is 6.35. The Balaban J connectivity index is 1.06. The summed E-state index contributed by atoms with van der Waals surface area (Å²) in [7, 11) is 0. The summed E-state index contributed by atoms with van der Waals surface area (Å²) in [4.78, 5) is 15.7. The number of hydrogen-bond donors (Lipinski definition) is 0. The van der Waals surface area contributed by atoms with Gasteiger partial charge in [-0.25, -0.2) is 15.0 Å². The van der Waals surface area contributed by atoms with E-state index in [1.807, 2.05) is 60.7 Å². The molecule has 0 spiro atoms. The van der Waals surface area contributed by atoms with Crippen molar-refractivity contribution >= 4 is 65.6 Å². The van der Waals surface area contributed by atoms with Crippen LogP contribution in [0.2, 0.25) is 0 Å². The smallest absolute Gasteiger partial charge is 0.164 e. The molecular formula is C57H35N5O. The lowest BCUT2D eigenvalue weighted by Crippen LogP contribution is -2.02. The molecule has 0 aliphatic rings. The number of furan rings is 1. The van der Waals surface area contributed by atoms with Crippen molar-refractivity contribution < 1.29 is 4.42 Å². The predicted octanol–water partition coefficient (Wildman–Crippen LogP) is 14.6. The van der Waals surface area contributed by atoms with Gasteiger partial charge in [-0.1, -0.05) is 152 Å². The van der Waals surface area contributed by atoms with Gasteiger partial charge in [0.25, 0.3) is 0 Å². The molecule has 0 amide bonds. The van der Waals surface area contributed by atoms with Crippen molar-refractivity contribution in [1.82, 2.24) is 24.1 Å². The zero-order valence-corrected chi connectivity index (χ0v) is 33.9. The average molecular weight is 806 g/mol. The molecule has 294 valence electrons. The average Bonchev–Trinajstić information content (AvgIpc) is 4.02. The summed E-state index contributed by atoms with van der Waals surface area (Å²) in [5, 5.41) is 6.96. The van der Waals surface area contributed by atoms with Crippen molar-refractivity contribution in [3.05, 3.63) is 212 Å². The van der Waals surface area contributed by atoms with Crippen molar-refractivity contribution in [2.75, 3.05) is 0 Å². The van der Waals surface area contributed by atoms with Gasteiger partial charge < -0.3 is 13.6 Å². The summed E-state index contributed by atoms with van der Waals surface area (Å²) in [6.45, 7) is 0. The Morgan fingerprint density at radius 3 is 1.60 bits per heavy atom. The van der Waals surface area contributed by atoms with Crippen molar-refractivity contribution in [3.63, 3.8) is 0 Å². The van der Waals surface area contributed by atoms with Crippen LogP contribution in [-0.2, 0) is 0 Å². The van der Waals surface area contributed by atoms with Gasteiger partial charge in [0.2, 0.25) is 0 Å². The van der Waals surface area contributed by atoms with Crippen LogP contribution >= 0.6 is 0 Å². The van der Waals surface area contributed by atoms with Crippen LogP contribution in [0.5, 0.6) is 0 Å². The van der Waals surface area contributed by atoms with Crippen molar-refractivity contribution in [2.24, 2.45) is 0 Å². The van der Waals surface area contributed by atoms with Crippen LogP contribution in [0.3, 0.4) is 0 Å². The Hall–Kier alpha value is -8.61. The number of hydrogen-bond acceptors (Lipinski definition) is 4. The Morgan fingerprint density at radius 1 is 0.317 bits per heavy atom. The third-order valence-electron chi connectivity index (χ3n) is 12.4. The number of benzene rings is 9. The minimum absolute atomic E-state index is 0.568. The van der Waals surface area contributed by atoms with E-state index >= 15 is 0 Å². The first kappa shape index (κ1) is 35.2. The molecule has 0 fully saturated rings. The fourth-order valence-electron chi connectivity index (χ4n) is 9.58. The van der Waals surface area contributed by atoms with Crippen molar-refractivity contribution in [2.45, 2.75) is 0 Å². The summed E-state index contributed by atoms with van der Waals surface area (Å²) in [5.41, 5.74) is 13.1. The molecular weight excluding hydrogens is 771 g/mol. The quantitative estimate of drug-likeness (QED) is 0.168. The molecule has 13 rings (SSSR count). The Morgan fingerprint density at radius 2 is 0.873 bits per heavy atom. The van der Waals surface area contributed by atoms with Crippen LogP contribution in [0.4, 0.5) is 0 Å². The standard InChI is InChI=1S/C57H35N5O/c1-3-16-36(17-4-1)40-33-31-39(61-49-26-13-9-23-45(49)54-50(61)27-15-28-51(54)62-47-24-11-7-20-41(47)42-21-8-12-25-48(42)62)35-46(40)57-59-55(37-18-5-2-6-19-37)58-56(60-57)38-30-32-44-43-22-10-14-29-52(43)63-53(44)34-38/h1-35H. The molecule has 0 saturated heterocycles. The SMILES string of the molecule is c1ccc(-c2nc(-c3ccc4c(c3)oc3ccccc34)nc(-c3cc(-n4c5ccccc5c5c(-n6c7ccccc7c7ccccc76)cccc54)ccc3-c3ccccc3)n2)cc1. The number of fused-ring (bicyclic) bond motifs is 9. The number of rotatable bonds is 6. The Kier molecular flexibility index (Phi) is 7.80. The second kappa shape index (κ2) is 14.0. The van der Waals surface area contributed by atoms with Gasteiger partial charge in [0, 0.05) is 54.7 Å². The zero-order valence-electron chi connectivity index (χ0n) is 33.9. The van der Waals surface area contributed by atoms with Crippen LogP contribution in [0.25, 0.3) is 122 Å². The van der Waals surface area contributed by atoms with Gasteiger partial charge in [-0.05, 0) is 71.8 Å². The van der Waals surface area contributed by atoms with Crippen LogP contribution in [0, 0.1) is 0 Å². The van der Waals surface area contributed by atoms with Gasteiger partial charge in [-0.3, -0.25) is 0 Å². The second-order valence-corrected chi connectivity index (χ2v) is 16.0. The van der Waals surface area contributed by atoms with Gasteiger partial charge in [0.1, 0.15) is 11.2 Å². The third kappa shape index (κ3) is 5.55. The highest BCUT2D eigenvalue weighted by Gasteiger charge is 2.22. The molecule has 6 nitrogen and oxygen atoms in total. The second-order valence-electron chi connectivity index (χ2n) is 16.0. The maximum absolute atomic E-state index is 6.35. The van der Waals surface area contributed by atoms with Crippen LogP contribution in [-0.4, -0.2) is 24.1 Å². The van der Waals surface area contributed by atoms with E-state index in [0.29, 0.717) is 17.5 Å². The summed E-state index contributed by atoms with van der Waals surface area (Å²) >= 11 is 0. The van der Waals surface area contributed by atoms with Crippen LogP contribution < -0.4 is 0 Å². The molecule has 0 aliphatic carbocycles. The molecule has 0 aliphatic heterocycles. The summed E-state index contributed by atoms with van der Waals surface area (Å²) in [6.07, 6.45) is 0. The lowest BCUT2D eigenvalue weighted by atomic mass is 9.98. The first-order valence-electron chi connectivity index (χ1n) is 21.2. The van der Waals surface area contributed by atoms with Gasteiger partial charge >= 0.3 is 0 Å². The molecule has 0 atom stereocenters. The molecule has 9 aromatic carbocycles. The zero-order chi connectivity index (χ0) is 41.4. The molecule has 0 bridgehead atoms. The minimum Gasteiger partial charge on any atom is -0.456 e. The van der Waals surface area contributed by atoms with Gasteiger partial charge in [-0.2, -0.15) is 0 Å². The first-order chi connectivity index (χ1) is 31.2. The van der Waals surface area contributed by atoms with Crippen LogP contribution in [0.15, 0.2) is 217 Å². The Labute approximate surface area is 361 Å². The fraction of sp³-hybridized carbons (Fsp3) is 0. The molecule has 4 heterocycles. The number of para-hydroxylation sites is 4. The molecule has 13 aromatic rings. The number of aromatic nitrogens is 5. The van der Waals surface area contributed by atoms with E-state index in [1.165, 1.54) is 32.6 Å². The summed E-state index contributed by atoms with van der Waals surface area (Å²) in [6, 6.07) is 74.5. The van der Waals surface area contributed by atoms with Crippen molar-refractivity contribution in [3.8, 4) is 56.7 Å². The predicted molar refractivity (Wildman–Crippen MR) is 258 cm³/mol. The normalized spacial score (nSPS) is 11.8. The molecule has 0 N–H and O–H groups in total. The van der Waals surface area contributed by atoms with Crippen LogP contribution in [0.1, 0.15) is 0 Å². The maximum Gasteiger partial charge on any atom is 0.164 e. The first-order valence-corrected chi connectivity index (χ1v) is 21.2. The molecule has 4 aromatic heterocycles. The van der Waals surface area contributed by atoms with Crippen molar-refractivity contribution in [1.29, 1.82) is 0 Å². The third-order valence-corrected chi connectivity index (χ3v) is 12.4. The highest BCUT2D eigenvalue weighted by atomic mass is 16.3. The molecule has 0 radical (unpaired) electrons.